The fourth-order valence-corrected chi connectivity index (χ4v) is 3.47. The summed E-state index contributed by atoms with van der Waals surface area (Å²) in [5, 5.41) is 8.62. The lowest BCUT2D eigenvalue weighted by molar-refractivity contribution is 0.0599. The molecule has 0 spiro atoms. The molecule has 1 aliphatic rings. The second-order valence-corrected chi connectivity index (χ2v) is 6.46. The van der Waals surface area contributed by atoms with Crippen LogP contribution in [0.2, 0.25) is 0 Å². The monoisotopic (exact) mass is 338 g/mol. The maximum Gasteiger partial charge on any atom is 0.274 e. The third kappa shape index (κ3) is 3.01. The van der Waals surface area contributed by atoms with Crippen LogP contribution in [0.1, 0.15) is 54.8 Å². The Hall–Kier alpha value is -2.70. The van der Waals surface area contributed by atoms with Gasteiger partial charge < -0.3 is 4.90 Å². The summed E-state index contributed by atoms with van der Waals surface area (Å²) < 4.78 is 3.58. The summed E-state index contributed by atoms with van der Waals surface area (Å²) in [6, 6.07) is 5.66. The number of hydrogen-bond acceptors (Lipinski definition) is 4. The van der Waals surface area contributed by atoms with Crippen LogP contribution >= 0.6 is 0 Å². The lowest BCUT2D eigenvalue weighted by Crippen LogP contribution is -2.39. The second kappa shape index (κ2) is 6.66. The van der Waals surface area contributed by atoms with Gasteiger partial charge in [-0.25, -0.2) is 9.50 Å². The number of nitrogens with zero attached hydrogens (tertiary/aromatic N) is 6. The van der Waals surface area contributed by atoms with E-state index in [1.807, 2.05) is 40.2 Å². The zero-order valence-electron chi connectivity index (χ0n) is 14.4. The molecule has 4 rings (SSSR count). The predicted molar refractivity (Wildman–Crippen MR) is 93.1 cm³/mol. The first-order chi connectivity index (χ1) is 12.3. The molecule has 0 aliphatic carbocycles. The molecule has 25 heavy (non-hydrogen) atoms. The van der Waals surface area contributed by atoms with Gasteiger partial charge in [0, 0.05) is 31.5 Å². The van der Waals surface area contributed by atoms with Crippen molar-refractivity contribution in [3.63, 3.8) is 0 Å². The molecule has 1 atom stereocenters. The highest BCUT2D eigenvalue weighted by Crippen LogP contribution is 2.31. The summed E-state index contributed by atoms with van der Waals surface area (Å²) in [6.07, 6.45) is 9.57. The summed E-state index contributed by atoms with van der Waals surface area (Å²) in [6.45, 7) is 3.68. The van der Waals surface area contributed by atoms with E-state index in [-0.39, 0.29) is 11.9 Å². The van der Waals surface area contributed by atoms with Crippen LogP contribution in [0.4, 0.5) is 0 Å². The van der Waals surface area contributed by atoms with Gasteiger partial charge in [0.25, 0.3) is 5.91 Å². The number of hydrogen-bond donors (Lipinski definition) is 0. The lowest BCUT2D eigenvalue weighted by atomic mass is 9.98. The number of amides is 1. The van der Waals surface area contributed by atoms with Gasteiger partial charge in [0.2, 0.25) is 0 Å². The van der Waals surface area contributed by atoms with Gasteiger partial charge in [0.15, 0.2) is 5.65 Å². The standard InChI is InChI=1S/C18H22N6O/c1-2-10-22-12-7-15(21-22)18(25)23-11-4-3-5-16(23)14-8-13-24-17(20-14)6-9-19-24/h6-9,12-13,16H,2-5,10-11H2,1H3. The minimum atomic E-state index is -0.00488. The fraction of sp³-hybridized carbons (Fsp3) is 0.444. The Morgan fingerprint density at radius 1 is 1.24 bits per heavy atom. The first-order valence-electron chi connectivity index (χ1n) is 8.91. The normalized spacial score (nSPS) is 18.0. The summed E-state index contributed by atoms with van der Waals surface area (Å²) in [7, 11) is 0. The van der Waals surface area contributed by atoms with Gasteiger partial charge in [-0.15, -0.1) is 0 Å². The topological polar surface area (TPSA) is 68.3 Å². The molecular formula is C18H22N6O. The third-order valence-electron chi connectivity index (χ3n) is 4.70. The molecule has 1 aliphatic heterocycles. The Morgan fingerprint density at radius 3 is 3.04 bits per heavy atom. The summed E-state index contributed by atoms with van der Waals surface area (Å²) in [4.78, 5) is 19.6. The number of aromatic nitrogens is 5. The number of rotatable bonds is 4. The smallest absolute Gasteiger partial charge is 0.274 e. The van der Waals surface area contributed by atoms with Crippen LogP contribution in [0.5, 0.6) is 0 Å². The van der Waals surface area contributed by atoms with Crippen molar-refractivity contribution >= 4 is 11.6 Å². The first kappa shape index (κ1) is 15.8. The molecule has 0 aromatic carbocycles. The number of carbonyl (C=O) groups is 1. The number of carbonyl (C=O) groups excluding carboxylic acids is 1. The average Bonchev–Trinajstić information content (AvgIpc) is 3.30. The van der Waals surface area contributed by atoms with E-state index in [1.165, 1.54) is 0 Å². The van der Waals surface area contributed by atoms with Gasteiger partial charge in [-0.1, -0.05) is 6.92 Å². The second-order valence-electron chi connectivity index (χ2n) is 6.46. The molecule has 1 saturated heterocycles. The average molecular weight is 338 g/mol. The minimum absolute atomic E-state index is 0.00234. The van der Waals surface area contributed by atoms with Crippen LogP contribution in [0.3, 0.4) is 0 Å². The highest BCUT2D eigenvalue weighted by molar-refractivity contribution is 5.92. The molecule has 1 unspecified atom stereocenters. The maximum absolute atomic E-state index is 13.0. The summed E-state index contributed by atoms with van der Waals surface area (Å²) in [5.74, 6) is -0.00488. The van der Waals surface area contributed by atoms with Crippen molar-refractivity contribution in [2.45, 2.75) is 45.2 Å². The van der Waals surface area contributed by atoms with Crippen molar-refractivity contribution in [2.75, 3.05) is 6.54 Å². The van der Waals surface area contributed by atoms with Gasteiger partial charge in [0.1, 0.15) is 5.69 Å². The van der Waals surface area contributed by atoms with E-state index in [2.05, 4.69) is 17.1 Å². The fourth-order valence-electron chi connectivity index (χ4n) is 3.47. The molecule has 0 radical (unpaired) electrons. The van der Waals surface area contributed by atoms with Crippen molar-refractivity contribution in [1.29, 1.82) is 0 Å². The third-order valence-corrected chi connectivity index (χ3v) is 4.70. The number of likely N-dealkylation sites (tertiary alicyclic amines) is 1. The SMILES string of the molecule is CCCn1ccc(C(=O)N2CCCCC2c2ccn3nccc3n2)n1. The molecule has 7 nitrogen and oxygen atoms in total. The molecule has 3 aromatic heterocycles. The number of aryl methyl sites for hydroxylation is 1. The Labute approximate surface area is 146 Å². The van der Waals surface area contributed by atoms with Crippen LogP contribution in [0, 0.1) is 0 Å². The largest absolute Gasteiger partial charge is 0.329 e. The van der Waals surface area contributed by atoms with E-state index in [4.69, 9.17) is 4.98 Å². The van der Waals surface area contributed by atoms with Gasteiger partial charge in [-0.05, 0) is 37.8 Å². The van der Waals surface area contributed by atoms with Gasteiger partial charge in [-0.2, -0.15) is 10.2 Å². The molecule has 1 amide bonds. The van der Waals surface area contributed by atoms with Crippen LogP contribution in [-0.4, -0.2) is 41.7 Å². The Kier molecular flexibility index (Phi) is 4.21. The molecule has 0 saturated carbocycles. The Balaban J connectivity index is 1.62. The van der Waals surface area contributed by atoms with Crippen LogP contribution in [-0.2, 0) is 6.54 Å². The van der Waals surface area contributed by atoms with E-state index < -0.39 is 0 Å². The molecule has 130 valence electrons. The molecule has 3 aromatic rings. The number of piperidine rings is 1. The molecular weight excluding hydrogens is 316 g/mol. The molecule has 1 fully saturated rings. The van der Waals surface area contributed by atoms with Gasteiger partial charge >= 0.3 is 0 Å². The highest BCUT2D eigenvalue weighted by atomic mass is 16.2. The number of fused-ring (bicyclic) bond motifs is 1. The van der Waals surface area contributed by atoms with E-state index in [9.17, 15) is 4.79 Å². The van der Waals surface area contributed by atoms with Gasteiger partial charge in [-0.3, -0.25) is 9.48 Å². The minimum Gasteiger partial charge on any atom is -0.329 e. The first-order valence-corrected chi connectivity index (χ1v) is 8.91. The quantitative estimate of drug-likeness (QED) is 0.733. The molecule has 7 heteroatoms. The van der Waals surface area contributed by atoms with Crippen molar-refractivity contribution in [3.8, 4) is 0 Å². The van der Waals surface area contributed by atoms with E-state index >= 15 is 0 Å². The Bertz CT molecular complexity index is 882. The van der Waals surface area contributed by atoms with E-state index in [1.54, 1.807) is 10.7 Å². The maximum atomic E-state index is 13.0. The van der Waals surface area contributed by atoms with E-state index in [0.717, 1.165) is 50.1 Å². The molecule has 4 heterocycles. The zero-order valence-corrected chi connectivity index (χ0v) is 14.4. The van der Waals surface area contributed by atoms with Crippen LogP contribution in [0.25, 0.3) is 5.65 Å². The van der Waals surface area contributed by atoms with Crippen molar-refractivity contribution in [1.82, 2.24) is 29.3 Å². The van der Waals surface area contributed by atoms with Crippen molar-refractivity contribution < 1.29 is 4.79 Å². The Morgan fingerprint density at radius 2 is 2.16 bits per heavy atom. The lowest BCUT2D eigenvalue weighted by Gasteiger charge is -2.35. The molecule has 0 N–H and O–H groups in total. The van der Waals surface area contributed by atoms with Gasteiger partial charge in [0.05, 0.1) is 17.9 Å². The predicted octanol–water partition coefficient (Wildman–Crippen LogP) is 2.70. The van der Waals surface area contributed by atoms with Crippen LogP contribution < -0.4 is 0 Å². The van der Waals surface area contributed by atoms with E-state index in [0.29, 0.717) is 5.69 Å². The summed E-state index contributed by atoms with van der Waals surface area (Å²) >= 11 is 0. The summed E-state index contributed by atoms with van der Waals surface area (Å²) in [5.41, 5.74) is 2.25. The molecule has 0 bridgehead atoms. The van der Waals surface area contributed by atoms with Crippen molar-refractivity contribution in [2.24, 2.45) is 0 Å². The van der Waals surface area contributed by atoms with Crippen LogP contribution in [0.15, 0.2) is 36.8 Å². The van der Waals surface area contributed by atoms with Crippen molar-refractivity contribution in [3.05, 3.63) is 48.2 Å². The highest BCUT2D eigenvalue weighted by Gasteiger charge is 2.30. The zero-order chi connectivity index (χ0) is 17.2.